The number of carbonyl (C=O) groups is 6. The number of rotatable bonds is 14. The zero-order valence-corrected chi connectivity index (χ0v) is 27.8. The van der Waals surface area contributed by atoms with Crippen LogP contribution in [0.2, 0.25) is 0 Å². The predicted molar refractivity (Wildman–Crippen MR) is 166 cm³/mol. The summed E-state index contributed by atoms with van der Waals surface area (Å²) in [6, 6.07) is 4.11. The molecule has 1 unspecified atom stereocenters. The van der Waals surface area contributed by atoms with Crippen molar-refractivity contribution in [1.29, 1.82) is 0 Å². The van der Waals surface area contributed by atoms with Crippen LogP contribution in [0, 0.1) is 11.8 Å². The third kappa shape index (κ3) is 12.0. The second-order valence-corrected chi connectivity index (χ2v) is 11.1. The summed E-state index contributed by atoms with van der Waals surface area (Å²) in [5, 5.41) is 15.0. The molecule has 2 amide bonds. The second kappa shape index (κ2) is 19.3. The average molecular weight is 691 g/mol. The van der Waals surface area contributed by atoms with Gasteiger partial charge in [0.05, 0.1) is 19.3 Å². The second-order valence-electron chi connectivity index (χ2n) is 11.1. The zero-order chi connectivity index (χ0) is 35.9. The summed E-state index contributed by atoms with van der Waals surface area (Å²) in [5.41, 5.74) is 0.233. The van der Waals surface area contributed by atoms with Gasteiger partial charge >= 0.3 is 23.9 Å². The molecule has 49 heavy (non-hydrogen) atoms. The van der Waals surface area contributed by atoms with Crippen molar-refractivity contribution >= 4 is 35.7 Å². The maximum Gasteiger partial charge on any atom is 0.339 e. The molecular formula is C33H42N2O14. The quantitative estimate of drug-likeness (QED) is 0.105. The lowest BCUT2D eigenvalue weighted by atomic mass is 9.97. The molecule has 1 aliphatic heterocycles. The van der Waals surface area contributed by atoms with E-state index in [1.54, 1.807) is 0 Å². The highest BCUT2D eigenvalue weighted by atomic mass is 16.7. The first kappa shape index (κ1) is 38.7. The Kier molecular flexibility index (Phi) is 15.3. The van der Waals surface area contributed by atoms with E-state index in [0.717, 1.165) is 60.0 Å². The standard InChI is InChI=1S/C33H42N2O14/c1-19(37)45-27-28(46-20(2)38)30(47-21(3)39)33(49-29(27)32(42)43-4)48-25-13-12-22(17-36)16-24(25)31(41)35-15-14-34-26(40)18-44-23-10-8-6-5-7-9-11-23/h12-13,16,23,27-30,33,36H,5-8,10,14-15,17-18H2,1-4H3,(H,34,40)(H,35,41)/t23?,27-,28-,29-,30+,33+/m0/s1. The van der Waals surface area contributed by atoms with Gasteiger partial charge in [-0.05, 0) is 37.0 Å². The molecule has 1 saturated heterocycles. The molecular weight excluding hydrogens is 648 g/mol. The molecule has 1 aliphatic carbocycles. The predicted octanol–water partition coefficient (Wildman–Crippen LogP) is 0.449. The van der Waals surface area contributed by atoms with E-state index in [-0.39, 0.29) is 43.0 Å². The highest BCUT2D eigenvalue weighted by Crippen LogP contribution is 2.32. The summed E-state index contributed by atoms with van der Waals surface area (Å²) in [6.07, 6.45) is -3.90. The van der Waals surface area contributed by atoms with Crippen molar-refractivity contribution in [2.24, 2.45) is 0 Å². The van der Waals surface area contributed by atoms with Crippen LogP contribution in [0.1, 0.15) is 68.8 Å². The number of hydrogen-bond donors (Lipinski definition) is 3. The fourth-order valence-corrected chi connectivity index (χ4v) is 5.06. The van der Waals surface area contributed by atoms with E-state index in [0.29, 0.717) is 5.56 Å². The number of hydrogen-bond acceptors (Lipinski definition) is 14. The van der Waals surface area contributed by atoms with Crippen molar-refractivity contribution in [1.82, 2.24) is 10.6 Å². The fourth-order valence-electron chi connectivity index (χ4n) is 5.06. The van der Waals surface area contributed by atoms with E-state index >= 15 is 0 Å². The summed E-state index contributed by atoms with van der Waals surface area (Å²) in [6.45, 7) is 2.59. The first-order chi connectivity index (χ1) is 23.4. The minimum absolute atomic E-state index is 0.00436. The van der Waals surface area contributed by atoms with Crippen LogP contribution in [0.4, 0.5) is 0 Å². The van der Waals surface area contributed by atoms with Crippen LogP contribution in [0.5, 0.6) is 5.75 Å². The third-order valence-electron chi connectivity index (χ3n) is 7.23. The minimum atomic E-state index is -1.71. The number of aliphatic hydroxyl groups is 1. The van der Waals surface area contributed by atoms with Gasteiger partial charge in [-0.25, -0.2) is 4.79 Å². The van der Waals surface area contributed by atoms with Crippen LogP contribution in [-0.4, -0.2) is 104 Å². The van der Waals surface area contributed by atoms with Crippen molar-refractivity contribution in [2.75, 3.05) is 26.8 Å². The highest BCUT2D eigenvalue weighted by molar-refractivity contribution is 5.97. The molecule has 3 rings (SSSR count). The van der Waals surface area contributed by atoms with Gasteiger partial charge in [0, 0.05) is 40.3 Å². The molecule has 1 aromatic rings. The monoisotopic (exact) mass is 690 g/mol. The van der Waals surface area contributed by atoms with Crippen molar-refractivity contribution in [3.05, 3.63) is 29.3 Å². The molecule has 16 heteroatoms. The molecule has 0 radical (unpaired) electrons. The third-order valence-corrected chi connectivity index (χ3v) is 7.23. The van der Waals surface area contributed by atoms with Gasteiger partial charge in [-0.3, -0.25) is 24.0 Å². The number of methoxy groups -OCH3 is 1. The summed E-state index contributed by atoms with van der Waals surface area (Å²) >= 11 is 0. The summed E-state index contributed by atoms with van der Waals surface area (Å²) in [5.74, 6) is 1.23. The van der Waals surface area contributed by atoms with Gasteiger partial charge in [-0.2, -0.15) is 0 Å². The number of ether oxygens (including phenoxy) is 7. The van der Waals surface area contributed by atoms with Crippen molar-refractivity contribution in [3.8, 4) is 17.6 Å². The van der Waals surface area contributed by atoms with E-state index < -0.39 is 67.1 Å². The van der Waals surface area contributed by atoms with Crippen molar-refractivity contribution < 1.29 is 67.0 Å². The van der Waals surface area contributed by atoms with Gasteiger partial charge in [0.25, 0.3) is 5.91 Å². The molecule has 268 valence electrons. The highest BCUT2D eigenvalue weighted by Gasteiger charge is 2.56. The summed E-state index contributed by atoms with van der Waals surface area (Å²) < 4.78 is 38.2. The molecule has 0 bridgehead atoms. The smallest absolute Gasteiger partial charge is 0.339 e. The van der Waals surface area contributed by atoms with Crippen molar-refractivity contribution in [2.45, 2.75) is 96.3 Å². The number of nitrogens with one attached hydrogen (secondary N) is 2. The Morgan fingerprint density at radius 2 is 1.57 bits per heavy atom. The van der Waals surface area contributed by atoms with E-state index in [2.05, 4.69) is 22.5 Å². The molecule has 1 aromatic carbocycles. The summed E-state index contributed by atoms with van der Waals surface area (Å²) in [7, 11) is 1.05. The molecule has 3 N–H and O–H groups in total. The van der Waals surface area contributed by atoms with Crippen molar-refractivity contribution in [3.63, 3.8) is 0 Å². The zero-order valence-electron chi connectivity index (χ0n) is 27.8. The lowest BCUT2D eigenvalue weighted by Gasteiger charge is -2.43. The first-order valence-electron chi connectivity index (χ1n) is 15.7. The van der Waals surface area contributed by atoms with Crippen LogP contribution in [0.15, 0.2) is 18.2 Å². The Morgan fingerprint density at radius 3 is 2.24 bits per heavy atom. The van der Waals surface area contributed by atoms with Crippen LogP contribution >= 0.6 is 0 Å². The van der Waals surface area contributed by atoms with Crippen LogP contribution in [0.3, 0.4) is 0 Å². The van der Waals surface area contributed by atoms with Gasteiger partial charge in [0.1, 0.15) is 18.5 Å². The number of carbonyl (C=O) groups excluding carboxylic acids is 6. The van der Waals surface area contributed by atoms with Gasteiger partial charge in [0.2, 0.25) is 18.3 Å². The van der Waals surface area contributed by atoms with Gasteiger partial charge in [0.15, 0.2) is 18.3 Å². The molecule has 0 aromatic heterocycles. The SMILES string of the molecule is COC(=O)[C@H]1O[C@@H](Oc2ccc(CO)cc2C(=O)NCCNC(=O)COC2C#CCCCCC2)[C@H](OC(C)=O)[C@@H](OC(C)=O)[C@@H]1OC(C)=O. The normalized spacial score (nSPS) is 23.2. The molecule has 0 saturated carbocycles. The van der Waals surface area contributed by atoms with Gasteiger partial charge in [-0.1, -0.05) is 18.4 Å². The maximum atomic E-state index is 13.3. The number of benzene rings is 1. The van der Waals surface area contributed by atoms with E-state index in [1.165, 1.54) is 18.2 Å². The van der Waals surface area contributed by atoms with Gasteiger partial charge < -0.3 is 48.9 Å². The van der Waals surface area contributed by atoms with E-state index in [9.17, 15) is 33.9 Å². The van der Waals surface area contributed by atoms with E-state index in [4.69, 9.17) is 33.2 Å². The molecule has 1 fully saturated rings. The number of esters is 4. The Hall–Kier alpha value is -4.72. The Labute approximate surface area is 283 Å². The average Bonchev–Trinajstić information content (AvgIpc) is 3.04. The first-order valence-corrected chi connectivity index (χ1v) is 15.7. The topological polar surface area (TPSA) is 211 Å². The van der Waals surface area contributed by atoms with E-state index in [1.807, 2.05) is 0 Å². The molecule has 6 atom stereocenters. The number of aliphatic hydroxyl groups excluding tert-OH is 1. The Balaban J connectivity index is 1.76. The molecule has 0 spiro atoms. The lowest BCUT2D eigenvalue weighted by molar-refractivity contribution is -0.282. The van der Waals surface area contributed by atoms with Crippen LogP contribution < -0.4 is 15.4 Å². The maximum absolute atomic E-state index is 13.3. The molecule has 16 nitrogen and oxygen atoms in total. The largest absolute Gasteiger partial charge is 0.467 e. The summed E-state index contributed by atoms with van der Waals surface area (Å²) in [4.78, 5) is 74.5. The Morgan fingerprint density at radius 1 is 0.898 bits per heavy atom. The lowest BCUT2D eigenvalue weighted by Crippen LogP contribution is -2.64. The minimum Gasteiger partial charge on any atom is -0.467 e. The Bertz CT molecular complexity index is 1420. The molecule has 2 aliphatic rings. The number of amides is 2. The van der Waals surface area contributed by atoms with Crippen LogP contribution in [0.25, 0.3) is 0 Å². The molecule has 1 heterocycles. The fraction of sp³-hybridized carbons (Fsp3) is 0.576. The van der Waals surface area contributed by atoms with Crippen LogP contribution in [-0.2, 0) is 59.0 Å². The van der Waals surface area contributed by atoms with Gasteiger partial charge in [-0.15, -0.1) is 5.92 Å².